The first-order chi connectivity index (χ1) is 9.93. The topological polar surface area (TPSA) is 75.6 Å². The van der Waals surface area contributed by atoms with Crippen LogP contribution in [-0.4, -0.2) is 43.3 Å². The fourth-order valence-corrected chi connectivity index (χ4v) is 4.03. The van der Waals surface area contributed by atoms with Gasteiger partial charge in [-0.2, -0.15) is 0 Å². The van der Waals surface area contributed by atoms with Crippen LogP contribution in [0.4, 0.5) is 4.39 Å². The van der Waals surface area contributed by atoms with Crippen LogP contribution in [0.25, 0.3) is 0 Å². The maximum Gasteiger partial charge on any atom is 0.165 e. The Morgan fingerprint density at radius 2 is 2.10 bits per heavy atom. The van der Waals surface area contributed by atoms with Crippen molar-refractivity contribution >= 4 is 9.84 Å². The molecule has 1 saturated heterocycles. The molecule has 1 aromatic carbocycles. The van der Waals surface area contributed by atoms with E-state index in [1.165, 1.54) is 12.1 Å². The molecule has 3 rings (SSSR count). The fourth-order valence-electron chi connectivity index (χ4n) is 2.37. The second kappa shape index (κ2) is 5.55. The Bertz CT molecular complexity index is 630. The number of sulfone groups is 1. The summed E-state index contributed by atoms with van der Waals surface area (Å²) in [6.07, 6.45) is 0.320. The molecule has 1 aliphatic heterocycles. The SMILES string of the molecule is O=S1(=O)CC(O)C(Oc2ccc(CNC3CC3)cc2F)C1. The summed E-state index contributed by atoms with van der Waals surface area (Å²) in [6, 6.07) is 5.14. The van der Waals surface area contributed by atoms with Gasteiger partial charge in [0.05, 0.1) is 11.5 Å². The van der Waals surface area contributed by atoms with Crippen LogP contribution in [0, 0.1) is 5.82 Å². The summed E-state index contributed by atoms with van der Waals surface area (Å²) in [5.74, 6) is -1.17. The number of ether oxygens (including phenoxy) is 1. The molecular formula is C14H18FNO4S. The maximum atomic E-state index is 14.0. The van der Waals surface area contributed by atoms with Crippen LogP contribution in [-0.2, 0) is 16.4 Å². The Kier molecular flexibility index (Phi) is 3.90. The lowest BCUT2D eigenvalue weighted by molar-refractivity contribution is 0.0710. The van der Waals surface area contributed by atoms with Crippen LogP contribution in [0.5, 0.6) is 5.75 Å². The van der Waals surface area contributed by atoms with E-state index in [-0.39, 0.29) is 17.3 Å². The Morgan fingerprint density at radius 3 is 2.67 bits per heavy atom. The van der Waals surface area contributed by atoms with E-state index in [1.807, 2.05) is 0 Å². The Hall–Kier alpha value is -1.18. The summed E-state index contributed by atoms with van der Waals surface area (Å²) >= 11 is 0. The molecule has 1 aromatic rings. The number of aliphatic hydroxyl groups is 1. The molecule has 0 amide bonds. The molecule has 1 heterocycles. The van der Waals surface area contributed by atoms with E-state index in [0.717, 1.165) is 18.4 Å². The van der Waals surface area contributed by atoms with Crippen LogP contribution in [0.3, 0.4) is 0 Å². The van der Waals surface area contributed by atoms with Crippen molar-refractivity contribution in [3.8, 4) is 5.75 Å². The van der Waals surface area contributed by atoms with Crippen molar-refractivity contribution in [3.63, 3.8) is 0 Å². The molecule has 0 radical (unpaired) electrons. The standard InChI is InChI=1S/C14H18FNO4S/c15-11-5-9(6-16-10-2-3-10)1-4-13(11)20-14-8-21(18,19)7-12(14)17/h1,4-5,10,12,14,16-17H,2-3,6-8H2. The highest BCUT2D eigenvalue weighted by molar-refractivity contribution is 7.91. The zero-order chi connectivity index (χ0) is 15.0. The van der Waals surface area contributed by atoms with Gasteiger partial charge in [0, 0.05) is 12.6 Å². The van der Waals surface area contributed by atoms with Crippen molar-refractivity contribution in [3.05, 3.63) is 29.6 Å². The zero-order valence-electron chi connectivity index (χ0n) is 11.5. The van der Waals surface area contributed by atoms with Gasteiger partial charge in [0.1, 0.15) is 12.2 Å². The molecule has 0 aromatic heterocycles. The molecule has 0 bridgehead atoms. The second-order valence-electron chi connectivity index (χ2n) is 5.72. The predicted octanol–water partition coefficient (Wildman–Crippen LogP) is 0.614. The summed E-state index contributed by atoms with van der Waals surface area (Å²) in [6.45, 7) is 0.600. The van der Waals surface area contributed by atoms with Gasteiger partial charge in [0.2, 0.25) is 0 Å². The highest BCUT2D eigenvalue weighted by Crippen LogP contribution is 2.25. The van der Waals surface area contributed by atoms with Crippen molar-refractivity contribution in [1.29, 1.82) is 0 Å². The van der Waals surface area contributed by atoms with Gasteiger partial charge in [0.25, 0.3) is 0 Å². The van der Waals surface area contributed by atoms with E-state index < -0.39 is 27.9 Å². The molecule has 2 aliphatic rings. The summed E-state index contributed by atoms with van der Waals surface area (Å²) in [4.78, 5) is 0. The number of hydrogen-bond donors (Lipinski definition) is 2. The lowest BCUT2D eigenvalue weighted by atomic mass is 10.2. The van der Waals surface area contributed by atoms with Gasteiger partial charge in [-0.25, -0.2) is 12.8 Å². The summed E-state index contributed by atoms with van der Waals surface area (Å²) in [5.41, 5.74) is 0.811. The first kappa shape index (κ1) is 14.7. The van der Waals surface area contributed by atoms with Crippen molar-refractivity contribution in [1.82, 2.24) is 5.32 Å². The molecule has 5 nitrogen and oxygen atoms in total. The Labute approximate surface area is 123 Å². The minimum atomic E-state index is -3.30. The minimum Gasteiger partial charge on any atom is -0.484 e. The van der Waals surface area contributed by atoms with Crippen LogP contribution >= 0.6 is 0 Å². The first-order valence-corrected chi connectivity index (χ1v) is 8.82. The Balaban J connectivity index is 1.65. The normalized spacial score (nSPS) is 27.7. The van der Waals surface area contributed by atoms with E-state index in [1.54, 1.807) is 6.07 Å². The lowest BCUT2D eigenvalue weighted by Crippen LogP contribution is -2.30. The van der Waals surface area contributed by atoms with Gasteiger partial charge in [-0.1, -0.05) is 6.07 Å². The number of aliphatic hydroxyl groups excluding tert-OH is 1. The lowest BCUT2D eigenvalue weighted by Gasteiger charge is -2.16. The van der Waals surface area contributed by atoms with Gasteiger partial charge < -0.3 is 15.2 Å². The fraction of sp³-hybridized carbons (Fsp3) is 0.571. The number of halogens is 1. The zero-order valence-corrected chi connectivity index (χ0v) is 12.3. The molecule has 2 fully saturated rings. The molecule has 1 aliphatic carbocycles. The molecule has 0 spiro atoms. The Morgan fingerprint density at radius 1 is 1.33 bits per heavy atom. The van der Waals surface area contributed by atoms with E-state index in [0.29, 0.717) is 12.6 Å². The van der Waals surface area contributed by atoms with Crippen molar-refractivity contribution in [2.24, 2.45) is 0 Å². The molecule has 2 unspecified atom stereocenters. The maximum absolute atomic E-state index is 14.0. The molecule has 2 atom stereocenters. The third-order valence-corrected chi connectivity index (χ3v) is 5.40. The number of nitrogens with one attached hydrogen (secondary N) is 1. The van der Waals surface area contributed by atoms with Gasteiger partial charge in [-0.05, 0) is 30.5 Å². The monoisotopic (exact) mass is 315 g/mol. The number of hydrogen-bond acceptors (Lipinski definition) is 5. The smallest absolute Gasteiger partial charge is 0.165 e. The van der Waals surface area contributed by atoms with E-state index >= 15 is 0 Å². The van der Waals surface area contributed by atoms with Gasteiger partial charge >= 0.3 is 0 Å². The number of benzene rings is 1. The molecule has 7 heteroatoms. The van der Waals surface area contributed by atoms with Crippen LogP contribution in [0.2, 0.25) is 0 Å². The highest BCUT2D eigenvalue weighted by atomic mass is 32.2. The van der Waals surface area contributed by atoms with Crippen molar-refractivity contribution in [2.75, 3.05) is 11.5 Å². The van der Waals surface area contributed by atoms with Crippen molar-refractivity contribution < 1.29 is 22.7 Å². The van der Waals surface area contributed by atoms with Crippen LogP contribution < -0.4 is 10.1 Å². The summed E-state index contributed by atoms with van der Waals surface area (Å²) in [7, 11) is -3.30. The third kappa shape index (κ3) is 3.72. The molecular weight excluding hydrogens is 297 g/mol. The summed E-state index contributed by atoms with van der Waals surface area (Å²) < 4.78 is 42.1. The predicted molar refractivity (Wildman–Crippen MR) is 75.3 cm³/mol. The molecule has 21 heavy (non-hydrogen) atoms. The quantitative estimate of drug-likeness (QED) is 0.833. The molecule has 116 valence electrons. The highest BCUT2D eigenvalue weighted by Gasteiger charge is 2.38. The van der Waals surface area contributed by atoms with E-state index in [9.17, 15) is 17.9 Å². The minimum absolute atomic E-state index is 0.0219. The van der Waals surface area contributed by atoms with Crippen molar-refractivity contribution in [2.45, 2.75) is 37.6 Å². The second-order valence-corrected chi connectivity index (χ2v) is 7.87. The summed E-state index contributed by atoms with van der Waals surface area (Å²) in [5, 5.41) is 12.9. The van der Waals surface area contributed by atoms with Gasteiger partial charge in [0.15, 0.2) is 21.4 Å². The average molecular weight is 315 g/mol. The van der Waals surface area contributed by atoms with Crippen LogP contribution in [0.15, 0.2) is 18.2 Å². The first-order valence-electron chi connectivity index (χ1n) is 7.00. The largest absolute Gasteiger partial charge is 0.484 e. The van der Waals surface area contributed by atoms with E-state index in [2.05, 4.69) is 5.32 Å². The van der Waals surface area contributed by atoms with Crippen LogP contribution in [0.1, 0.15) is 18.4 Å². The van der Waals surface area contributed by atoms with Gasteiger partial charge in [-0.3, -0.25) is 0 Å². The third-order valence-electron chi connectivity index (χ3n) is 3.72. The molecule has 2 N–H and O–H groups in total. The molecule has 1 saturated carbocycles. The average Bonchev–Trinajstić information content (AvgIpc) is 3.17. The van der Waals surface area contributed by atoms with Gasteiger partial charge in [-0.15, -0.1) is 0 Å². The number of rotatable bonds is 5. The van der Waals surface area contributed by atoms with E-state index in [4.69, 9.17) is 4.74 Å².